The second-order valence-corrected chi connectivity index (χ2v) is 5.91. The molecule has 2 aromatic rings. The summed E-state index contributed by atoms with van der Waals surface area (Å²) in [6.07, 6.45) is 4.26. The number of aryl methyl sites for hydroxylation is 1. The maximum absolute atomic E-state index is 5.72. The van der Waals surface area contributed by atoms with E-state index in [0.29, 0.717) is 0 Å². The predicted octanol–water partition coefficient (Wildman–Crippen LogP) is 4.99. The van der Waals surface area contributed by atoms with Crippen LogP contribution in [0.2, 0.25) is 0 Å². The number of rotatable bonds is 8. The predicted molar refractivity (Wildman–Crippen MR) is 92.6 cm³/mol. The highest BCUT2D eigenvalue weighted by Gasteiger charge is 1.96. The van der Waals surface area contributed by atoms with Gasteiger partial charge >= 0.3 is 0 Å². The van der Waals surface area contributed by atoms with Crippen LogP contribution in [0.1, 0.15) is 18.4 Å². The molecule has 0 saturated carbocycles. The van der Waals surface area contributed by atoms with Gasteiger partial charge in [-0.25, -0.2) is 0 Å². The molecule has 3 heteroatoms. The average Bonchev–Trinajstić information content (AvgIpc) is 2.52. The molecule has 0 radical (unpaired) electrons. The standard InChI is InChI=1S/C18H23NOS/c1-15-8-10-17(11-9-15)20-13-4-3-12-19-16-6-5-7-18(14-16)21-2/h5-11,14,19H,3-4,12-13H2,1-2H3. The van der Waals surface area contributed by atoms with E-state index in [9.17, 15) is 0 Å². The third-order valence-electron chi connectivity index (χ3n) is 3.26. The highest BCUT2D eigenvalue weighted by molar-refractivity contribution is 7.98. The summed E-state index contributed by atoms with van der Waals surface area (Å²) in [7, 11) is 0. The Kier molecular flexibility index (Phi) is 6.48. The number of anilines is 1. The van der Waals surface area contributed by atoms with Crippen LogP contribution < -0.4 is 10.1 Å². The van der Waals surface area contributed by atoms with Crippen molar-refractivity contribution in [2.45, 2.75) is 24.7 Å². The van der Waals surface area contributed by atoms with Gasteiger partial charge in [0.2, 0.25) is 0 Å². The van der Waals surface area contributed by atoms with E-state index in [1.807, 2.05) is 12.1 Å². The Hall–Kier alpha value is -1.61. The van der Waals surface area contributed by atoms with Crippen LogP contribution in [-0.2, 0) is 0 Å². The maximum atomic E-state index is 5.72. The summed E-state index contributed by atoms with van der Waals surface area (Å²) in [6, 6.07) is 16.7. The fraction of sp³-hybridized carbons (Fsp3) is 0.333. The second-order valence-electron chi connectivity index (χ2n) is 5.03. The minimum atomic E-state index is 0.773. The summed E-state index contributed by atoms with van der Waals surface area (Å²) in [4.78, 5) is 1.29. The van der Waals surface area contributed by atoms with E-state index in [1.54, 1.807) is 11.8 Å². The van der Waals surface area contributed by atoms with Crippen LogP contribution in [0.25, 0.3) is 0 Å². The summed E-state index contributed by atoms with van der Waals surface area (Å²) >= 11 is 1.77. The fourth-order valence-corrected chi connectivity index (χ4v) is 2.48. The lowest BCUT2D eigenvalue weighted by Gasteiger charge is -2.09. The molecule has 0 aliphatic rings. The number of unbranched alkanes of at least 4 members (excludes halogenated alkanes) is 1. The first-order valence-electron chi connectivity index (χ1n) is 7.35. The van der Waals surface area contributed by atoms with Crippen LogP contribution in [0.4, 0.5) is 5.69 Å². The van der Waals surface area contributed by atoms with Gasteiger partial charge in [0.1, 0.15) is 5.75 Å². The van der Waals surface area contributed by atoms with Gasteiger partial charge in [0.15, 0.2) is 0 Å². The van der Waals surface area contributed by atoms with Crippen molar-refractivity contribution in [1.82, 2.24) is 0 Å². The number of benzene rings is 2. The Morgan fingerprint density at radius 2 is 1.86 bits per heavy atom. The number of hydrogen-bond acceptors (Lipinski definition) is 3. The molecule has 0 heterocycles. The van der Waals surface area contributed by atoms with Gasteiger partial charge in [-0.3, -0.25) is 0 Å². The summed E-state index contributed by atoms with van der Waals surface area (Å²) in [6.45, 7) is 3.84. The first-order chi connectivity index (χ1) is 10.3. The van der Waals surface area contributed by atoms with Gasteiger partial charge in [0.25, 0.3) is 0 Å². The van der Waals surface area contributed by atoms with E-state index in [4.69, 9.17) is 4.74 Å². The van der Waals surface area contributed by atoms with Crippen molar-refractivity contribution in [3.63, 3.8) is 0 Å². The zero-order chi connectivity index (χ0) is 14.9. The summed E-state index contributed by atoms with van der Waals surface area (Å²) in [5, 5.41) is 3.46. The minimum Gasteiger partial charge on any atom is -0.494 e. The highest BCUT2D eigenvalue weighted by Crippen LogP contribution is 2.19. The highest BCUT2D eigenvalue weighted by atomic mass is 32.2. The quantitative estimate of drug-likeness (QED) is 0.548. The molecule has 1 N–H and O–H groups in total. The van der Waals surface area contributed by atoms with Crippen LogP contribution in [-0.4, -0.2) is 19.4 Å². The zero-order valence-electron chi connectivity index (χ0n) is 12.8. The van der Waals surface area contributed by atoms with Crippen molar-refractivity contribution in [3.05, 3.63) is 54.1 Å². The maximum Gasteiger partial charge on any atom is 0.119 e. The molecular weight excluding hydrogens is 278 g/mol. The van der Waals surface area contributed by atoms with Crippen molar-refractivity contribution < 1.29 is 4.74 Å². The summed E-state index contributed by atoms with van der Waals surface area (Å²) in [5.41, 5.74) is 2.46. The van der Waals surface area contributed by atoms with Crippen LogP contribution in [0.5, 0.6) is 5.75 Å². The smallest absolute Gasteiger partial charge is 0.119 e. The van der Waals surface area contributed by atoms with Gasteiger partial charge in [-0.1, -0.05) is 23.8 Å². The Morgan fingerprint density at radius 3 is 2.62 bits per heavy atom. The van der Waals surface area contributed by atoms with Gasteiger partial charge < -0.3 is 10.1 Å². The molecule has 0 fully saturated rings. The van der Waals surface area contributed by atoms with Crippen LogP contribution in [0.15, 0.2) is 53.4 Å². The van der Waals surface area contributed by atoms with Crippen LogP contribution in [0, 0.1) is 6.92 Å². The third-order valence-corrected chi connectivity index (χ3v) is 3.99. The summed E-state index contributed by atoms with van der Waals surface area (Å²) in [5.74, 6) is 0.959. The Bertz CT molecular complexity index is 539. The molecule has 2 rings (SSSR count). The lowest BCUT2D eigenvalue weighted by atomic mass is 10.2. The lowest BCUT2D eigenvalue weighted by Crippen LogP contribution is -2.04. The van der Waals surface area contributed by atoms with Gasteiger partial charge in [-0.15, -0.1) is 11.8 Å². The topological polar surface area (TPSA) is 21.3 Å². The Morgan fingerprint density at radius 1 is 1.05 bits per heavy atom. The van der Waals surface area contributed by atoms with Crippen molar-refractivity contribution in [2.24, 2.45) is 0 Å². The first kappa shape index (κ1) is 15.8. The van der Waals surface area contributed by atoms with Crippen molar-refractivity contribution in [2.75, 3.05) is 24.7 Å². The van der Waals surface area contributed by atoms with Crippen LogP contribution in [0.3, 0.4) is 0 Å². The van der Waals surface area contributed by atoms with E-state index < -0.39 is 0 Å². The number of nitrogens with one attached hydrogen (secondary N) is 1. The van der Waals surface area contributed by atoms with Crippen molar-refractivity contribution in [3.8, 4) is 5.75 Å². The van der Waals surface area contributed by atoms with Gasteiger partial charge in [-0.2, -0.15) is 0 Å². The van der Waals surface area contributed by atoms with E-state index in [0.717, 1.165) is 31.7 Å². The zero-order valence-corrected chi connectivity index (χ0v) is 13.6. The molecule has 0 aliphatic heterocycles. The normalized spacial score (nSPS) is 10.4. The molecule has 0 atom stereocenters. The SMILES string of the molecule is CSc1cccc(NCCCCOc2ccc(C)cc2)c1. The average molecular weight is 301 g/mol. The molecule has 0 spiro atoms. The van der Waals surface area contributed by atoms with Crippen LogP contribution >= 0.6 is 11.8 Å². The molecule has 2 aromatic carbocycles. The van der Waals surface area contributed by atoms with Gasteiger partial charge in [0.05, 0.1) is 6.61 Å². The largest absolute Gasteiger partial charge is 0.494 e. The van der Waals surface area contributed by atoms with E-state index in [1.165, 1.54) is 16.1 Å². The molecule has 21 heavy (non-hydrogen) atoms. The minimum absolute atomic E-state index is 0.773. The van der Waals surface area contributed by atoms with Gasteiger partial charge in [-0.05, 0) is 56.4 Å². The molecule has 0 amide bonds. The Labute approximate surface area is 131 Å². The van der Waals surface area contributed by atoms with E-state index >= 15 is 0 Å². The molecule has 0 saturated heterocycles. The van der Waals surface area contributed by atoms with Gasteiger partial charge in [0, 0.05) is 17.1 Å². The monoisotopic (exact) mass is 301 g/mol. The number of ether oxygens (including phenoxy) is 1. The molecule has 0 unspecified atom stereocenters. The number of thioether (sulfide) groups is 1. The van der Waals surface area contributed by atoms with Crippen molar-refractivity contribution in [1.29, 1.82) is 0 Å². The first-order valence-corrected chi connectivity index (χ1v) is 8.58. The summed E-state index contributed by atoms with van der Waals surface area (Å²) < 4.78 is 5.72. The second kappa shape index (κ2) is 8.63. The Balaban J connectivity index is 1.60. The lowest BCUT2D eigenvalue weighted by molar-refractivity contribution is 0.308. The van der Waals surface area contributed by atoms with Crippen molar-refractivity contribution >= 4 is 17.4 Å². The molecule has 0 bridgehead atoms. The number of hydrogen-bond donors (Lipinski definition) is 1. The molecule has 112 valence electrons. The molecule has 0 aromatic heterocycles. The molecule has 2 nitrogen and oxygen atoms in total. The third kappa shape index (κ3) is 5.72. The van der Waals surface area contributed by atoms with E-state index in [-0.39, 0.29) is 0 Å². The fourth-order valence-electron chi connectivity index (χ4n) is 2.02. The molecule has 0 aliphatic carbocycles. The van der Waals surface area contributed by atoms with E-state index in [2.05, 4.69) is 54.9 Å². The molecular formula is C18H23NOS.